The van der Waals surface area contributed by atoms with E-state index in [0.29, 0.717) is 23.0 Å². The van der Waals surface area contributed by atoms with E-state index in [1.165, 1.54) is 4.68 Å². The van der Waals surface area contributed by atoms with E-state index in [1.807, 2.05) is 6.92 Å². The first kappa shape index (κ1) is 12.3. The minimum Gasteiger partial charge on any atom is -0.550 e. The van der Waals surface area contributed by atoms with Crippen molar-refractivity contribution < 1.29 is 9.90 Å². The van der Waals surface area contributed by atoms with E-state index in [1.54, 1.807) is 24.3 Å². The van der Waals surface area contributed by atoms with Gasteiger partial charge in [-0.25, -0.2) is 4.68 Å². The maximum atomic E-state index is 12.1. The van der Waals surface area contributed by atoms with Crippen molar-refractivity contribution in [2.24, 2.45) is 0 Å². The highest BCUT2D eigenvalue weighted by Gasteiger charge is 2.09. The molecule has 1 aromatic heterocycles. The second kappa shape index (κ2) is 5.00. The van der Waals surface area contributed by atoms with Crippen LogP contribution in [-0.2, 0) is 17.8 Å². The number of fused-ring (bicyclic) bond motifs is 1. The normalized spacial score (nSPS) is 10.7. The van der Waals surface area contributed by atoms with Gasteiger partial charge in [-0.2, -0.15) is 5.10 Å². The molecule has 0 saturated carbocycles. The van der Waals surface area contributed by atoms with Gasteiger partial charge in [-0.05, 0) is 12.5 Å². The van der Waals surface area contributed by atoms with Crippen LogP contribution in [0.4, 0.5) is 0 Å². The largest absolute Gasteiger partial charge is 0.550 e. The Bertz CT molecular complexity index is 646. The zero-order valence-corrected chi connectivity index (χ0v) is 10.0. The van der Waals surface area contributed by atoms with Crippen molar-refractivity contribution in [1.29, 1.82) is 0 Å². The fraction of sp³-hybridized carbons (Fsp3) is 0.308. The number of aromatic nitrogens is 2. The van der Waals surface area contributed by atoms with Crippen LogP contribution in [0.1, 0.15) is 19.0 Å². The van der Waals surface area contributed by atoms with E-state index >= 15 is 0 Å². The fourth-order valence-corrected chi connectivity index (χ4v) is 1.94. The van der Waals surface area contributed by atoms with Crippen molar-refractivity contribution in [2.75, 3.05) is 0 Å². The Morgan fingerprint density at radius 3 is 2.61 bits per heavy atom. The first-order valence-electron chi connectivity index (χ1n) is 5.82. The number of carboxylic acids is 1. The molecular weight excluding hydrogens is 232 g/mol. The lowest BCUT2D eigenvalue weighted by atomic mass is 10.1. The quantitative estimate of drug-likeness (QED) is 0.765. The van der Waals surface area contributed by atoms with Gasteiger partial charge in [-0.15, -0.1) is 0 Å². The van der Waals surface area contributed by atoms with Crippen molar-refractivity contribution in [3.05, 3.63) is 40.3 Å². The van der Waals surface area contributed by atoms with E-state index in [9.17, 15) is 14.7 Å². The molecule has 2 rings (SSSR count). The number of rotatable bonds is 4. The Morgan fingerprint density at radius 2 is 2.00 bits per heavy atom. The average molecular weight is 245 g/mol. The molecule has 0 fully saturated rings. The van der Waals surface area contributed by atoms with E-state index < -0.39 is 5.97 Å². The summed E-state index contributed by atoms with van der Waals surface area (Å²) in [6.45, 7) is 2.41. The molecule has 0 amide bonds. The number of benzene rings is 1. The number of hydrogen-bond acceptors (Lipinski definition) is 4. The number of carboxylic acid groups (broad SMARTS) is 1. The number of carbonyl (C=O) groups is 1. The fourth-order valence-electron chi connectivity index (χ4n) is 1.94. The van der Waals surface area contributed by atoms with Crippen molar-refractivity contribution >= 4 is 16.7 Å². The molecule has 94 valence electrons. The standard InChI is InChI=1S/C13H14N2O3/c1-2-7-15-13(18)10-6-4-3-5-9(10)11(14-15)8-12(16)17/h3-6H,2,7-8H2,1H3,(H,16,17)/p-1. The summed E-state index contributed by atoms with van der Waals surface area (Å²) >= 11 is 0. The Kier molecular flexibility index (Phi) is 3.41. The minimum atomic E-state index is -1.20. The smallest absolute Gasteiger partial charge is 0.274 e. The van der Waals surface area contributed by atoms with E-state index in [0.717, 1.165) is 6.42 Å². The Labute approximate surface area is 104 Å². The molecule has 0 unspecified atom stereocenters. The predicted octanol–water partition coefficient (Wildman–Crippen LogP) is 0.0989. The molecule has 0 spiro atoms. The number of carbonyl (C=O) groups excluding carboxylic acids is 1. The summed E-state index contributed by atoms with van der Waals surface area (Å²) in [5.74, 6) is -1.20. The van der Waals surface area contributed by atoms with Gasteiger partial charge in [-0.1, -0.05) is 25.1 Å². The summed E-state index contributed by atoms with van der Waals surface area (Å²) in [7, 11) is 0. The molecule has 1 aromatic carbocycles. The number of aliphatic carboxylic acids is 1. The van der Waals surface area contributed by atoms with Crippen LogP contribution in [-0.4, -0.2) is 15.7 Å². The van der Waals surface area contributed by atoms with Crippen LogP contribution in [0.15, 0.2) is 29.1 Å². The van der Waals surface area contributed by atoms with Gasteiger partial charge in [0.1, 0.15) is 0 Å². The topological polar surface area (TPSA) is 75.0 Å². The minimum absolute atomic E-state index is 0.186. The molecule has 18 heavy (non-hydrogen) atoms. The summed E-state index contributed by atoms with van der Waals surface area (Å²) in [6, 6.07) is 6.90. The zero-order chi connectivity index (χ0) is 13.1. The third-order valence-corrected chi connectivity index (χ3v) is 2.69. The highest BCUT2D eigenvalue weighted by Crippen LogP contribution is 2.13. The SMILES string of the molecule is CCCn1nc(CC(=O)[O-])c2ccccc2c1=O. The summed E-state index contributed by atoms with van der Waals surface area (Å²) in [6.07, 6.45) is 0.473. The molecule has 0 radical (unpaired) electrons. The highest BCUT2D eigenvalue weighted by atomic mass is 16.4. The molecule has 0 N–H and O–H groups in total. The molecule has 0 aliphatic heterocycles. The first-order valence-corrected chi connectivity index (χ1v) is 5.82. The van der Waals surface area contributed by atoms with Crippen LogP contribution < -0.4 is 10.7 Å². The Hall–Kier alpha value is -2.17. The average Bonchev–Trinajstić information content (AvgIpc) is 2.35. The molecular formula is C13H13N2O3-. The molecule has 0 atom stereocenters. The van der Waals surface area contributed by atoms with Crippen LogP contribution in [0.3, 0.4) is 0 Å². The molecule has 0 aliphatic rings. The van der Waals surface area contributed by atoms with Crippen LogP contribution >= 0.6 is 0 Å². The van der Waals surface area contributed by atoms with Gasteiger partial charge in [-0.3, -0.25) is 4.79 Å². The van der Waals surface area contributed by atoms with Crippen LogP contribution in [0, 0.1) is 0 Å². The third kappa shape index (κ3) is 2.25. The van der Waals surface area contributed by atoms with E-state index in [4.69, 9.17) is 0 Å². The molecule has 5 heteroatoms. The molecule has 0 aliphatic carbocycles. The summed E-state index contributed by atoms with van der Waals surface area (Å²) < 4.78 is 1.32. The van der Waals surface area contributed by atoms with Gasteiger partial charge in [0, 0.05) is 24.3 Å². The summed E-state index contributed by atoms with van der Waals surface area (Å²) in [5, 5.41) is 15.9. The van der Waals surface area contributed by atoms with E-state index in [-0.39, 0.29) is 12.0 Å². The second-order valence-electron chi connectivity index (χ2n) is 4.07. The monoisotopic (exact) mass is 245 g/mol. The Morgan fingerprint density at radius 1 is 1.33 bits per heavy atom. The molecule has 2 aromatic rings. The van der Waals surface area contributed by atoms with Crippen molar-refractivity contribution in [1.82, 2.24) is 9.78 Å². The maximum absolute atomic E-state index is 12.1. The third-order valence-electron chi connectivity index (χ3n) is 2.69. The lowest BCUT2D eigenvalue weighted by molar-refractivity contribution is -0.304. The Balaban J connectivity index is 2.71. The molecule has 5 nitrogen and oxygen atoms in total. The lowest BCUT2D eigenvalue weighted by Crippen LogP contribution is -2.29. The summed E-state index contributed by atoms with van der Waals surface area (Å²) in [5.41, 5.74) is 0.188. The van der Waals surface area contributed by atoms with Gasteiger partial charge in [0.05, 0.1) is 11.1 Å². The van der Waals surface area contributed by atoms with Gasteiger partial charge in [0.25, 0.3) is 5.56 Å². The van der Waals surface area contributed by atoms with Gasteiger partial charge < -0.3 is 9.90 Å². The van der Waals surface area contributed by atoms with Gasteiger partial charge >= 0.3 is 0 Å². The lowest BCUT2D eigenvalue weighted by Gasteiger charge is -2.10. The van der Waals surface area contributed by atoms with Crippen molar-refractivity contribution in [3.8, 4) is 0 Å². The van der Waals surface area contributed by atoms with Crippen LogP contribution in [0.25, 0.3) is 10.8 Å². The van der Waals surface area contributed by atoms with E-state index in [2.05, 4.69) is 5.10 Å². The number of nitrogens with zero attached hydrogens (tertiary/aromatic N) is 2. The zero-order valence-electron chi connectivity index (χ0n) is 10.0. The second-order valence-corrected chi connectivity index (χ2v) is 4.07. The van der Waals surface area contributed by atoms with Crippen LogP contribution in [0.2, 0.25) is 0 Å². The molecule has 1 heterocycles. The van der Waals surface area contributed by atoms with Gasteiger partial charge in [0.15, 0.2) is 0 Å². The van der Waals surface area contributed by atoms with Gasteiger partial charge in [0.2, 0.25) is 0 Å². The molecule has 0 saturated heterocycles. The maximum Gasteiger partial charge on any atom is 0.274 e. The number of aryl methyl sites for hydroxylation is 1. The van der Waals surface area contributed by atoms with Crippen molar-refractivity contribution in [2.45, 2.75) is 26.3 Å². The molecule has 0 bridgehead atoms. The van der Waals surface area contributed by atoms with Crippen LogP contribution in [0.5, 0.6) is 0 Å². The highest BCUT2D eigenvalue weighted by molar-refractivity contribution is 5.86. The predicted molar refractivity (Wildman–Crippen MR) is 65.0 cm³/mol. The van der Waals surface area contributed by atoms with Crippen molar-refractivity contribution in [3.63, 3.8) is 0 Å². The number of hydrogen-bond donors (Lipinski definition) is 0. The summed E-state index contributed by atoms with van der Waals surface area (Å²) in [4.78, 5) is 22.8. The first-order chi connectivity index (χ1) is 8.63.